The first-order chi connectivity index (χ1) is 9.13. The third kappa shape index (κ3) is 2.93. The number of fused-ring (bicyclic) bond motifs is 1. The summed E-state index contributed by atoms with van der Waals surface area (Å²) in [7, 11) is 3.35. The summed E-state index contributed by atoms with van der Waals surface area (Å²) in [5.41, 5.74) is 1.23. The highest BCUT2D eigenvalue weighted by Crippen LogP contribution is 2.27. The summed E-state index contributed by atoms with van der Waals surface area (Å²) in [6.45, 7) is 2.39. The van der Waals surface area contributed by atoms with Crippen LogP contribution in [0.5, 0.6) is 0 Å². The van der Waals surface area contributed by atoms with Gasteiger partial charge in [0.25, 0.3) is 0 Å². The van der Waals surface area contributed by atoms with E-state index in [0.29, 0.717) is 6.54 Å². The van der Waals surface area contributed by atoms with Crippen molar-refractivity contribution in [2.24, 2.45) is 0 Å². The minimum Gasteiger partial charge on any atom is -0.468 e. The Morgan fingerprint density at radius 1 is 1.21 bits per heavy atom. The first-order valence-electron chi connectivity index (χ1n) is 6.38. The molecule has 0 spiro atoms. The van der Waals surface area contributed by atoms with Crippen molar-refractivity contribution < 1.29 is 9.53 Å². The largest absolute Gasteiger partial charge is 0.468 e. The fourth-order valence-corrected chi connectivity index (χ4v) is 2.26. The van der Waals surface area contributed by atoms with Gasteiger partial charge in [0.05, 0.1) is 13.7 Å². The Morgan fingerprint density at radius 2 is 1.89 bits per heavy atom. The number of carbonyl (C=O) groups is 1. The second-order valence-corrected chi connectivity index (χ2v) is 4.74. The molecule has 3 heteroatoms. The lowest BCUT2D eigenvalue weighted by Crippen LogP contribution is -2.29. The predicted octanol–water partition coefficient (Wildman–Crippen LogP) is 3.01. The van der Waals surface area contributed by atoms with E-state index < -0.39 is 0 Å². The van der Waals surface area contributed by atoms with Gasteiger partial charge in [0.1, 0.15) is 0 Å². The number of methoxy groups -OCH3 is 1. The van der Waals surface area contributed by atoms with Crippen molar-refractivity contribution in [2.45, 2.75) is 13.0 Å². The van der Waals surface area contributed by atoms with Gasteiger partial charge in [0.15, 0.2) is 0 Å². The van der Waals surface area contributed by atoms with Crippen molar-refractivity contribution in [2.75, 3.05) is 20.7 Å². The van der Waals surface area contributed by atoms with Crippen LogP contribution in [0.25, 0.3) is 10.8 Å². The number of esters is 1. The number of rotatable bonds is 4. The van der Waals surface area contributed by atoms with Crippen molar-refractivity contribution in [1.82, 2.24) is 4.90 Å². The molecule has 0 fully saturated rings. The molecule has 0 amide bonds. The monoisotopic (exact) mass is 257 g/mol. The average molecular weight is 257 g/mol. The third-order valence-electron chi connectivity index (χ3n) is 3.54. The first kappa shape index (κ1) is 13.6. The van der Waals surface area contributed by atoms with Gasteiger partial charge in [0, 0.05) is 6.04 Å². The molecular weight excluding hydrogens is 238 g/mol. The zero-order valence-electron chi connectivity index (χ0n) is 11.6. The van der Waals surface area contributed by atoms with Crippen LogP contribution in [-0.4, -0.2) is 31.6 Å². The average Bonchev–Trinajstić information content (AvgIpc) is 2.45. The Hall–Kier alpha value is -1.87. The predicted molar refractivity (Wildman–Crippen MR) is 77.0 cm³/mol. The maximum absolute atomic E-state index is 11.4. The van der Waals surface area contributed by atoms with E-state index >= 15 is 0 Å². The Labute approximate surface area is 113 Å². The highest BCUT2D eigenvalue weighted by Gasteiger charge is 2.16. The zero-order valence-corrected chi connectivity index (χ0v) is 11.6. The standard InChI is InChI=1S/C16H19NO2/c1-12(17(2)11-16(18)19-3)14-10-6-8-13-7-4-5-9-15(13)14/h4-10,12H,11H2,1-3H3/t12-/m0/s1. The Morgan fingerprint density at radius 3 is 2.63 bits per heavy atom. The lowest BCUT2D eigenvalue weighted by molar-refractivity contribution is -0.142. The fourth-order valence-electron chi connectivity index (χ4n) is 2.26. The number of nitrogens with zero attached hydrogens (tertiary/aromatic N) is 1. The molecule has 0 aliphatic carbocycles. The molecule has 0 radical (unpaired) electrons. The quantitative estimate of drug-likeness (QED) is 0.789. The lowest BCUT2D eigenvalue weighted by Gasteiger charge is -2.25. The Balaban J connectivity index is 2.30. The summed E-state index contributed by atoms with van der Waals surface area (Å²) in [5.74, 6) is -0.213. The highest BCUT2D eigenvalue weighted by atomic mass is 16.5. The second kappa shape index (κ2) is 5.85. The van der Waals surface area contributed by atoms with Crippen LogP contribution in [-0.2, 0) is 9.53 Å². The van der Waals surface area contributed by atoms with Gasteiger partial charge >= 0.3 is 5.97 Å². The third-order valence-corrected chi connectivity index (χ3v) is 3.54. The molecule has 0 bridgehead atoms. The number of likely N-dealkylation sites (N-methyl/N-ethyl adjacent to an activating group) is 1. The van der Waals surface area contributed by atoms with E-state index in [9.17, 15) is 4.79 Å². The van der Waals surface area contributed by atoms with Gasteiger partial charge in [-0.3, -0.25) is 9.69 Å². The molecule has 0 saturated carbocycles. The van der Waals surface area contributed by atoms with Crippen molar-refractivity contribution in [3.63, 3.8) is 0 Å². The van der Waals surface area contributed by atoms with Crippen LogP contribution in [0, 0.1) is 0 Å². The summed E-state index contributed by atoms with van der Waals surface area (Å²) >= 11 is 0. The van der Waals surface area contributed by atoms with Gasteiger partial charge < -0.3 is 4.74 Å². The maximum Gasteiger partial charge on any atom is 0.319 e. The number of benzene rings is 2. The van der Waals surface area contributed by atoms with Crippen LogP contribution < -0.4 is 0 Å². The van der Waals surface area contributed by atoms with Crippen LogP contribution in [0.1, 0.15) is 18.5 Å². The smallest absolute Gasteiger partial charge is 0.319 e. The van der Waals surface area contributed by atoms with Gasteiger partial charge in [0.2, 0.25) is 0 Å². The van der Waals surface area contributed by atoms with Gasteiger partial charge in [-0.15, -0.1) is 0 Å². The minimum absolute atomic E-state index is 0.158. The molecule has 1 atom stereocenters. The van der Waals surface area contributed by atoms with Crippen LogP contribution in [0.15, 0.2) is 42.5 Å². The summed E-state index contributed by atoms with van der Waals surface area (Å²) in [4.78, 5) is 13.4. The van der Waals surface area contributed by atoms with Crippen molar-refractivity contribution in [3.05, 3.63) is 48.0 Å². The van der Waals surface area contributed by atoms with E-state index in [-0.39, 0.29) is 12.0 Å². The molecule has 3 nitrogen and oxygen atoms in total. The van der Waals surface area contributed by atoms with Gasteiger partial charge in [-0.05, 0) is 30.3 Å². The minimum atomic E-state index is -0.213. The molecule has 0 aromatic heterocycles. The van der Waals surface area contributed by atoms with Gasteiger partial charge in [-0.2, -0.15) is 0 Å². The molecule has 2 aromatic carbocycles. The van der Waals surface area contributed by atoms with Crippen molar-refractivity contribution >= 4 is 16.7 Å². The Kier molecular flexibility index (Phi) is 4.17. The molecule has 0 aliphatic rings. The summed E-state index contributed by atoms with van der Waals surface area (Å²) in [6, 6.07) is 14.7. The van der Waals surface area contributed by atoms with E-state index in [1.165, 1.54) is 23.4 Å². The second-order valence-electron chi connectivity index (χ2n) is 4.74. The number of ether oxygens (including phenoxy) is 1. The van der Waals surface area contributed by atoms with Crippen molar-refractivity contribution in [3.8, 4) is 0 Å². The van der Waals surface area contributed by atoms with E-state index in [0.717, 1.165) is 0 Å². The van der Waals surface area contributed by atoms with E-state index in [1.807, 2.05) is 24.1 Å². The SMILES string of the molecule is COC(=O)CN(C)[C@@H](C)c1cccc2ccccc12. The fraction of sp³-hybridized carbons (Fsp3) is 0.312. The zero-order chi connectivity index (χ0) is 13.8. The Bertz CT molecular complexity index is 574. The summed E-state index contributed by atoms with van der Waals surface area (Å²) < 4.78 is 4.71. The topological polar surface area (TPSA) is 29.5 Å². The summed E-state index contributed by atoms with van der Waals surface area (Å²) in [6.07, 6.45) is 0. The first-order valence-corrected chi connectivity index (χ1v) is 6.38. The normalized spacial score (nSPS) is 12.6. The summed E-state index contributed by atoms with van der Waals surface area (Å²) in [5, 5.41) is 2.45. The van der Waals surface area contributed by atoms with Gasteiger partial charge in [-0.1, -0.05) is 42.5 Å². The van der Waals surface area contributed by atoms with Crippen LogP contribution >= 0.6 is 0 Å². The molecule has 0 unspecified atom stereocenters. The number of hydrogen-bond donors (Lipinski definition) is 0. The molecule has 0 aliphatic heterocycles. The van der Waals surface area contributed by atoms with E-state index in [4.69, 9.17) is 4.74 Å². The van der Waals surface area contributed by atoms with Crippen molar-refractivity contribution in [1.29, 1.82) is 0 Å². The molecule has 2 aromatic rings. The van der Waals surface area contributed by atoms with Crippen LogP contribution in [0.3, 0.4) is 0 Å². The van der Waals surface area contributed by atoms with Crippen LogP contribution in [0.2, 0.25) is 0 Å². The molecular formula is C16H19NO2. The van der Waals surface area contributed by atoms with Gasteiger partial charge in [-0.25, -0.2) is 0 Å². The van der Waals surface area contributed by atoms with Crippen LogP contribution in [0.4, 0.5) is 0 Å². The molecule has 19 heavy (non-hydrogen) atoms. The molecule has 0 saturated heterocycles. The lowest BCUT2D eigenvalue weighted by atomic mass is 9.99. The number of hydrogen-bond acceptors (Lipinski definition) is 3. The molecule has 0 heterocycles. The number of carbonyl (C=O) groups excluding carboxylic acids is 1. The maximum atomic E-state index is 11.4. The molecule has 100 valence electrons. The molecule has 2 rings (SSSR count). The van der Waals surface area contributed by atoms with E-state index in [1.54, 1.807) is 0 Å². The highest BCUT2D eigenvalue weighted by molar-refractivity contribution is 5.86. The van der Waals surface area contributed by atoms with E-state index in [2.05, 4.69) is 37.3 Å². The molecule has 0 N–H and O–H groups in total.